The highest BCUT2D eigenvalue weighted by Crippen LogP contribution is 2.21. The highest BCUT2D eigenvalue weighted by atomic mass is 15.1. The zero-order valence-electron chi connectivity index (χ0n) is 12.9. The van der Waals surface area contributed by atoms with Gasteiger partial charge in [-0.25, -0.2) is 0 Å². The van der Waals surface area contributed by atoms with Crippen LogP contribution in [0.3, 0.4) is 0 Å². The average Bonchev–Trinajstić information content (AvgIpc) is 2.94. The van der Waals surface area contributed by atoms with E-state index in [9.17, 15) is 0 Å². The number of nitrogens with one attached hydrogen (secondary N) is 1. The summed E-state index contributed by atoms with van der Waals surface area (Å²) in [5.41, 5.74) is 8.55. The van der Waals surface area contributed by atoms with Crippen LogP contribution in [0.1, 0.15) is 32.3 Å². The van der Waals surface area contributed by atoms with Gasteiger partial charge in [-0.2, -0.15) is 0 Å². The Morgan fingerprint density at radius 1 is 1.20 bits per heavy atom. The highest BCUT2D eigenvalue weighted by Gasteiger charge is 2.15. The quantitative estimate of drug-likeness (QED) is 0.804. The second-order valence-corrected chi connectivity index (χ2v) is 6.26. The highest BCUT2D eigenvalue weighted by molar-refractivity contribution is 5.51. The summed E-state index contributed by atoms with van der Waals surface area (Å²) in [7, 11) is 0. The fourth-order valence-corrected chi connectivity index (χ4v) is 2.84. The number of hydrogen-bond donors (Lipinski definition) is 2. The van der Waals surface area contributed by atoms with Gasteiger partial charge in [0.15, 0.2) is 0 Å². The Labute approximate surface area is 123 Å². The van der Waals surface area contributed by atoms with Gasteiger partial charge in [-0.1, -0.05) is 32.0 Å². The van der Waals surface area contributed by atoms with Gasteiger partial charge in [-0.3, -0.25) is 4.90 Å². The van der Waals surface area contributed by atoms with Gasteiger partial charge >= 0.3 is 0 Å². The summed E-state index contributed by atoms with van der Waals surface area (Å²) in [6.45, 7) is 9.75. The molecule has 1 aliphatic rings. The van der Waals surface area contributed by atoms with Gasteiger partial charge < -0.3 is 11.1 Å². The molecule has 1 saturated heterocycles. The van der Waals surface area contributed by atoms with Gasteiger partial charge in [-0.05, 0) is 55.9 Å². The molecule has 1 aromatic rings. The van der Waals surface area contributed by atoms with Crippen molar-refractivity contribution in [3.63, 3.8) is 0 Å². The Bertz CT molecular complexity index is 397. The van der Waals surface area contributed by atoms with Crippen molar-refractivity contribution in [1.82, 2.24) is 4.90 Å². The number of nitrogens with zero attached hydrogens (tertiary/aromatic N) is 1. The van der Waals surface area contributed by atoms with Crippen LogP contribution in [0.25, 0.3) is 0 Å². The minimum atomic E-state index is 0.537. The summed E-state index contributed by atoms with van der Waals surface area (Å²) in [6.07, 6.45) is 2.69. The van der Waals surface area contributed by atoms with Crippen molar-refractivity contribution in [3.8, 4) is 0 Å². The van der Waals surface area contributed by atoms with Crippen LogP contribution in [-0.4, -0.2) is 31.1 Å². The van der Waals surface area contributed by atoms with Crippen molar-refractivity contribution >= 4 is 5.69 Å². The van der Waals surface area contributed by atoms with E-state index in [1.54, 1.807) is 0 Å². The fraction of sp³-hybridized carbons (Fsp3) is 0.647. The average molecular weight is 275 g/mol. The molecule has 1 fully saturated rings. The monoisotopic (exact) mass is 275 g/mol. The van der Waals surface area contributed by atoms with Gasteiger partial charge in [0.05, 0.1) is 0 Å². The van der Waals surface area contributed by atoms with Crippen LogP contribution in [0.2, 0.25) is 0 Å². The minimum Gasteiger partial charge on any atom is -0.384 e. The Morgan fingerprint density at radius 3 is 2.55 bits per heavy atom. The molecule has 1 heterocycles. The Morgan fingerprint density at radius 2 is 1.90 bits per heavy atom. The maximum atomic E-state index is 5.86. The van der Waals surface area contributed by atoms with Gasteiger partial charge in [-0.15, -0.1) is 0 Å². The lowest BCUT2D eigenvalue weighted by atomic mass is 9.96. The molecule has 0 radical (unpaired) electrons. The number of anilines is 1. The van der Waals surface area contributed by atoms with Crippen LogP contribution in [-0.2, 0) is 6.54 Å². The smallest absolute Gasteiger partial charge is 0.0385 e. The standard InChI is InChI=1S/C17H29N3/c1-14(2)16(11-18)12-19-17-8-4-3-7-15(17)13-20-9-5-6-10-20/h3-4,7-8,14,16,19H,5-6,9-13,18H2,1-2H3. The first-order valence-electron chi connectivity index (χ1n) is 7.95. The van der Waals surface area contributed by atoms with Crippen LogP contribution in [0.5, 0.6) is 0 Å². The van der Waals surface area contributed by atoms with Crippen LogP contribution >= 0.6 is 0 Å². The van der Waals surface area contributed by atoms with Crippen LogP contribution < -0.4 is 11.1 Å². The van der Waals surface area contributed by atoms with Gasteiger partial charge in [0.1, 0.15) is 0 Å². The predicted molar refractivity (Wildman–Crippen MR) is 86.8 cm³/mol. The van der Waals surface area contributed by atoms with Gasteiger partial charge in [0.25, 0.3) is 0 Å². The summed E-state index contributed by atoms with van der Waals surface area (Å²) in [5.74, 6) is 1.16. The molecule has 20 heavy (non-hydrogen) atoms. The number of nitrogens with two attached hydrogens (primary N) is 1. The number of likely N-dealkylation sites (tertiary alicyclic amines) is 1. The van der Waals surface area contributed by atoms with Crippen molar-refractivity contribution < 1.29 is 0 Å². The zero-order chi connectivity index (χ0) is 14.4. The molecule has 0 aliphatic carbocycles. The Hall–Kier alpha value is -1.06. The molecule has 3 nitrogen and oxygen atoms in total. The van der Waals surface area contributed by atoms with Crippen molar-refractivity contribution in [2.75, 3.05) is 31.5 Å². The summed E-state index contributed by atoms with van der Waals surface area (Å²) >= 11 is 0. The predicted octanol–water partition coefficient (Wildman–Crippen LogP) is 2.93. The molecule has 3 N–H and O–H groups in total. The third-order valence-electron chi connectivity index (χ3n) is 4.41. The summed E-state index contributed by atoms with van der Waals surface area (Å²) in [4.78, 5) is 2.55. The number of benzene rings is 1. The minimum absolute atomic E-state index is 0.537. The molecule has 2 rings (SSSR count). The summed E-state index contributed by atoms with van der Waals surface area (Å²) in [5, 5.41) is 3.61. The van der Waals surface area contributed by atoms with E-state index in [-0.39, 0.29) is 0 Å². The van der Waals surface area contributed by atoms with E-state index < -0.39 is 0 Å². The van der Waals surface area contributed by atoms with E-state index >= 15 is 0 Å². The van der Waals surface area contributed by atoms with E-state index in [2.05, 4.69) is 48.3 Å². The summed E-state index contributed by atoms with van der Waals surface area (Å²) in [6, 6.07) is 8.69. The molecule has 0 saturated carbocycles. The van der Waals surface area contributed by atoms with E-state index in [0.29, 0.717) is 11.8 Å². The van der Waals surface area contributed by atoms with E-state index in [1.165, 1.54) is 37.2 Å². The molecule has 1 atom stereocenters. The van der Waals surface area contributed by atoms with Gasteiger partial charge in [0, 0.05) is 18.8 Å². The SMILES string of the molecule is CC(C)C(CN)CNc1ccccc1CN1CCCC1. The molecule has 0 bridgehead atoms. The third kappa shape index (κ3) is 4.22. The first-order valence-corrected chi connectivity index (χ1v) is 7.95. The molecule has 0 amide bonds. The lowest BCUT2D eigenvalue weighted by Crippen LogP contribution is -2.28. The molecule has 3 heteroatoms. The van der Waals surface area contributed by atoms with Crippen LogP contribution in [0, 0.1) is 11.8 Å². The van der Waals surface area contributed by atoms with E-state index in [0.717, 1.165) is 19.6 Å². The van der Waals surface area contributed by atoms with Crippen molar-refractivity contribution in [1.29, 1.82) is 0 Å². The van der Waals surface area contributed by atoms with Crippen molar-refractivity contribution in [3.05, 3.63) is 29.8 Å². The topological polar surface area (TPSA) is 41.3 Å². The fourth-order valence-electron chi connectivity index (χ4n) is 2.84. The zero-order valence-corrected chi connectivity index (χ0v) is 12.9. The second-order valence-electron chi connectivity index (χ2n) is 6.26. The molecule has 112 valence electrons. The lowest BCUT2D eigenvalue weighted by molar-refractivity contribution is 0.331. The Balaban J connectivity index is 1.96. The molecule has 1 aliphatic heterocycles. The van der Waals surface area contributed by atoms with Crippen molar-refractivity contribution in [2.45, 2.75) is 33.2 Å². The maximum Gasteiger partial charge on any atom is 0.0385 e. The normalized spacial score (nSPS) is 17.6. The number of para-hydroxylation sites is 1. The maximum absolute atomic E-state index is 5.86. The van der Waals surface area contributed by atoms with Gasteiger partial charge in [0.2, 0.25) is 0 Å². The Kier molecular flexibility index (Phi) is 5.86. The second kappa shape index (κ2) is 7.65. The molecule has 1 aromatic carbocycles. The first kappa shape index (κ1) is 15.3. The summed E-state index contributed by atoms with van der Waals surface area (Å²) < 4.78 is 0. The molecular weight excluding hydrogens is 246 g/mol. The largest absolute Gasteiger partial charge is 0.384 e. The lowest BCUT2D eigenvalue weighted by Gasteiger charge is -2.22. The van der Waals surface area contributed by atoms with Crippen LogP contribution in [0.4, 0.5) is 5.69 Å². The van der Waals surface area contributed by atoms with E-state index in [4.69, 9.17) is 5.73 Å². The third-order valence-corrected chi connectivity index (χ3v) is 4.41. The molecule has 0 aromatic heterocycles. The molecule has 1 unspecified atom stereocenters. The molecule has 0 spiro atoms. The van der Waals surface area contributed by atoms with Crippen LogP contribution in [0.15, 0.2) is 24.3 Å². The number of rotatable bonds is 7. The van der Waals surface area contributed by atoms with E-state index in [1.807, 2.05) is 0 Å². The molecular formula is C17H29N3. The first-order chi connectivity index (χ1) is 9.70. The van der Waals surface area contributed by atoms with Crippen molar-refractivity contribution in [2.24, 2.45) is 17.6 Å². The number of hydrogen-bond acceptors (Lipinski definition) is 3.